The van der Waals surface area contributed by atoms with E-state index in [2.05, 4.69) is 9.68 Å². The first-order valence-electron chi connectivity index (χ1n) is 2.20. The molecule has 0 aromatic heterocycles. The number of hydrogen-bond acceptors (Lipinski definition) is 3. The van der Waals surface area contributed by atoms with Gasteiger partial charge in [-0.3, -0.25) is 0 Å². The molecule has 0 aromatic rings. The fourth-order valence-electron chi connectivity index (χ4n) is 0.248. The van der Waals surface area contributed by atoms with Crippen molar-refractivity contribution >= 4 is 6.09 Å². The van der Waals surface area contributed by atoms with Crippen LogP contribution >= 0.6 is 0 Å². The third-order valence-corrected chi connectivity index (χ3v) is 0.508. The molecule has 0 aromatic carbocycles. The summed E-state index contributed by atoms with van der Waals surface area (Å²) in [5.41, 5.74) is 0. The van der Waals surface area contributed by atoms with Crippen molar-refractivity contribution in [3.63, 3.8) is 0 Å². The average Bonchev–Trinajstić information content (AvgIpc) is 1.80. The molecule has 0 radical (unpaired) electrons. The molecule has 0 aliphatic carbocycles. The maximum Gasteiger partial charge on any atom is 0.546 e. The van der Waals surface area contributed by atoms with Crippen molar-refractivity contribution in [2.75, 3.05) is 7.11 Å². The van der Waals surface area contributed by atoms with Gasteiger partial charge in [-0.15, -0.1) is 18.0 Å². The molecule has 11 heavy (non-hydrogen) atoms. The van der Waals surface area contributed by atoms with E-state index >= 15 is 0 Å². The summed E-state index contributed by atoms with van der Waals surface area (Å²) < 4.78 is 33.7. The second-order valence-corrected chi connectivity index (χ2v) is 1.26. The summed E-state index contributed by atoms with van der Waals surface area (Å²) in [5, 5.41) is 7.20. The highest BCUT2D eigenvalue weighted by atomic mass is 19.4. The van der Waals surface area contributed by atoms with E-state index in [9.17, 15) is 18.0 Å². The zero-order valence-corrected chi connectivity index (χ0v) is 5.25. The molecule has 0 spiro atoms. The Labute approximate surface area is 58.8 Å². The van der Waals surface area contributed by atoms with Gasteiger partial charge in [0.1, 0.15) is 0 Å². The minimum Gasteiger partial charge on any atom is -0.462 e. The molecule has 0 fully saturated rings. The van der Waals surface area contributed by atoms with Gasteiger partial charge in [0, 0.05) is 0 Å². The summed E-state index contributed by atoms with van der Waals surface area (Å²) in [4.78, 5) is 16.3. The Morgan fingerprint density at radius 2 is 2.00 bits per heavy atom. The van der Waals surface area contributed by atoms with E-state index in [0.29, 0.717) is 0 Å². The normalized spacial score (nSPS) is 11.3. The van der Waals surface area contributed by atoms with Crippen molar-refractivity contribution in [3.8, 4) is 0 Å². The standard InChI is InChI=1S/C3H4F3NO4/c1-10-7(2(8)9)11-3(4,5)6/h1H3,(H,8,9). The van der Waals surface area contributed by atoms with Crippen LogP contribution in [0.25, 0.3) is 0 Å². The van der Waals surface area contributed by atoms with Crippen molar-refractivity contribution in [1.82, 2.24) is 5.23 Å². The van der Waals surface area contributed by atoms with Gasteiger partial charge in [-0.05, 0) is 5.23 Å². The van der Waals surface area contributed by atoms with Crippen LogP contribution in [0.2, 0.25) is 0 Å². The van der Waals surface area contributed by atoms with E-state index in [4.69, 9.17) is 5.11 Å². The van der Waals surface area contributed by atoms with Crippen LogP contribution < -0.4 is 0 Å². The first-order valence-corrected chi connectivity index (χ1v) is 2.20. The van der Waals surface area contributed by atoms with Gasteiger partial charge in [0.2, 0.25) is 0 Å². The van der Waals surface area contributed by atoms with Gasteiger partial charge in [-0.1, -0.05) is 0 Å². The molecule has 0 bridgehead atoms. The van der Waals surface area contributed by atoms with Crippen molar-refractivity contribution < 1.29 is 32.7 Å². The lowest BCUT2D eigenvalue weighted by atomic mass is 11.2. The van der Waals surface area contributed by atoms with E-state index in [1.807, 2.05) is 0 Å². The van der Waals surface area contributed by atoms with Gasteiger partial charge in [0.05, 0.1) is 7.11 Å². The van der Waals surface area contributed by atoms with E-state index in [1.165, 1.54) is 0 Å². The summed E-state index contributed by atoms with van der Waals surface area (Å²) in [6, 6.07) is 0. The molecule has 1 N–H and O–H groups in total. The number of hydroxylamine groups is 2. The molecule has 66 valence electrons. The van der Waals surface area contributed by atoms with Gasteiger partial charge >= 0.3 is 12.5 Å². The molecule has 8 heteroatoms. The topological polar surface area (TPSA) is 59.0 Å². The molecule has 1 amide bonds. The lowest BCUT2D eigenvalue weighted by Gasteiger charge is -2.15. The monoisotopic (exact) mass is 175 g/mol. The average molecular weight is 175 g/mol. The van der Waals surface area contributed by atoms with E-state index in [1.54, 1.807) is 0 Å². The highest BCUT2D eigenvalue weighted by Gasteiger charge is 2.36. The van der Waals surface area contributed by atoms with Crippen LogP contribution in [0.5, 0.6) is 0 Å². The van der Waals surface area contributed by atoms with Crippen LogP contribution in [0.1, 0.15) is 0 Å². The number of amides is 1. The third kappa shape index (κ3) is 4.39. The second kappa shape index (κ2) is 3.39. The minimum absolute atomic E-state index is 0.708. The van der Waals surface area contributed by atoms with Crippen molar-refractivity contribution in [3.05, 3.63) is 0 Å². The minimum atomic E-state index is -5.08. The van der Waals surface area contributed by atoms with Gasteiger partial charge in [0.15, 0.2) is 0 Å². The quantitative estimate of drug-likeness (QED) is 0.635. The summed E-state index contributed by atoms with van der Waals surface area (Å²) in [6.45, 7) is 0. The van der Waals surface area contributed by atoms with Gasteiger partial charge < -0.3 is 5.11 Å². The summed E-state index contributed by atoms with van der Waals surface area (Å²) in [7, 11) is 0.722. The maximum absolute atomic E-state index is 11.2. The van der Waals surface area contributed by atoms with Crippen LogP contribution in [0, 0.1) is 0 Å². The fraction of sp³-hybridized carbons (Fsp3) is 0.667. The highest BCUT2D eigenvalue weighted by molar-refractivity contribution is 5.62. The SMILES string of the molecule is CON(OC(F)(F)F)C(=O)O. The van der Waals surface area contributed by atoms with Gasteiger partial charge in [0.25, 0.3) is 0 Å². The number of nitrogens with zero attached hydrogens (tertiary/aromatic N) is 1. The smallest absolute Gasteiger partial charge is 0.462 e. The van der Waals surface area contributed by atoms with Gasteiger partial charge in [-0.25, -0.2) is 9.63 Å². The third-order valence-electron chi connectivity index (χ3n) is 0.508. The zero-order valence-electron chi connectivity index (χ0n) is 5.25. The Bertz CT molecular complexity index is 146. The van der Waals surface area contributed by atoms with Crippen molar-refractivity contribution in [1.29, 1.82) is 0 Å². The summed E-state index contributed by atoms with van der Waals surface area (Å²) >= 11 is 0. The van der Waals surface area contributed by atoms with E-state index < -0.39 is 17.7 Å². The molecule has 0 rings (SSSR count). The summed E-state index contributed by atoms with van der Waals surface area (Å²) in [6.07, 6.45) is -7.07. The fourth-order valence-corrected chi connectivity index (χ4v) is 0.248. The Morgan fingerprint density at radius 1 is 1.55 bits per heavy atom. The van der Waals surface area contributed by atoms with Crippen LogP contribution in [-0.2, 0) is 9.68 Å². The largest absolute Gasteiger partial charge is 0.546 e. The van der Waals surface area contributed by atoms with Gasteiger partial charge in [-0.2, -0.15) is 0 Å². The molecule has 0 saturated heterocycles. The molecule has 5 nitrogen and oxygen atoms in total. The van der Waals surface area contributed by atoms with Crippen LogP contribution in [0.15, 0.2) is 0 Å². The number of hydrogen-bond donors (Lipinski definition) is 1. The predicted octanol–water partition coefficient (Wildman–Crippen LogP) is 0.979. The number of halogens is 3. The predicted molar refractivity (Wildman–Crippen MR) is 24.0 cm³/mol. The Morgan fingerprint density at radius 3 is 2.09 bits per heavy atom. The lowest BCUT2D eigenvalue weighted by Crippen LogP contribution is -2.34. The number of carboxylic acid groups (broad SMARTS) is 1. The molecule has 0 atom stereocenters. The molecule has 0 aliphatic heterocycles. The second-order valence-electron chi connectivity index (χ2n) is 1.26. The maximum atomic E-state index is 11.2. The van der Waals surface area contributed by atoms with Crippen LogP contribution in [0.4, 0.5) is 18.0 Å². The van der Waals surface area contributed by atoms with E-state index in [-0.39, 0.29) is 0 Å². The first-order chi connectivity index (χ1) is 4.87. The molecular weight excluding hydrogens is 171 g/mol. The molecule has 0 aliphatic rings. The Kier molecular flexibility index (Phi) is 3.08. The zero-order chi connectivity index (χ0) is 9.07. The molecule has 0 unspecified atom stereocenters. The van der Waals surface area contributed by atoms with Crippen molar-refractivity contribution in [2.45, 2.75) is 6.36 Å². The molecular formula is C3H4F3NO4. The number of rotatable bonds is 2. The lowest BCUT2D eigenvalue weighted by molar-refractivity contribution is -0.470. The number of carbonyl (C=O) groups is 1. The first kappa shape index (κ1) is 9.98. The van der Waals surface area contributed by atoms with E-state index in [0.717, 1.165) is 7.11 Å². The van der Waals surface area contributed by atoms with Crippen molar-refractivity contribution in [2.24, 2.45) is 0 Å². The van der Waals surface area contributed by atoms with Crippen LogP contribution in [0.3, 0.4) is 0 Å². The number of alkyl halides is 3. The Balaban J connectivity index is 3.99. The Hall–Kier alpha value is -1.02. The summed E-state index contributed by atoms with van der Waals surface area (Å²) in [5.74, 6) is 0. The highest BCUT2D eigenvalue weighted by Crippen LogP contribution is 2.18. The van der Waals surface area contributed by atoms with Crippen LogP contribution in [-0.4, -0.2) is 29.9 Å². The molecule has 0 heterocycles. The molecule has 0 saturated carbocycles.